The number of hydrogen-bond acceptors (Lipinski definition) is 7. The first-order chi connectivity index (χ1) is 8.31. The molecule has 1 aromatic rings. The lowest BCUT2D eigenvalue weighted by atomic mass is 10.3. The van der Waals surface area contributed by atoms with Gasteiger partial charge >= 0.3 is 0 Å². The summed E-state index contributed by atoms with van der Waals surface area (Å²) in [5, 5.41) is 5.33. The van der Waals surface area contributed by atoms with Gasteiger partial charge in [-0.25, -0.2) is 13.4 Å². The lowest BCUT2D eigenvalue weighted by Crippen LogP contribution is -2.10. The lowest BCUT2D eigenvalue weighted by molar-refractivity contribution is -0.102. The van der Waals surface area contributed by atoms with Crippen LogP contribution in [0.4, 0.5) is 5.13 Å². The van der Waals surface area contributed by atoms with Crippen LogP contribution in [0.5, 0.6) is 0 Å². The van der Waals surface area contributed by atoms with Crippen molar-refractivity contribution in [3.8, 4) is 0 Å². The maximum atomic E-state index is 11.0. The summed E-state index contributed by atoms with van der Waals surface area (Å²) in [6.07, 6.45) is 1.36. The summed E-state index contributed by atoms with van der Waals surface area (Å²) in [5.41, 5.74) is 0.281. The molecule has 0 atom stereocenters. The van der Waals surface area contributed by atoms with E-state index in [0.29, 0.717) is 6.29 Å². The zero-order valence-corrected chi connectivity index (χ0v) is 11.7. The largest absolute Gasteiger partial charge is 0.392 e. The van der Waals surface area contributed by atoms with Crippen LogP contribution < -0.4 is 4.72 Å². The smallest absolute Gasteiger partial charge is 0.231 e. The molecular formula is C9H13N3O4S2. The van der Waals surface area contributed by atoms with Gasteiger partial charge in [0.2, 0.25) is 10.0 Å². The van der Waals surface area contributed by atoms with Gasteiger partial charge in [0.1, 0.15) is 11.8 Å². The topological polar surface area (TPSA) is 97.7 Å². The average Bonchev–Trinajstić information content (AvgIpc) is 2.64. The Kier molecular flexibility index (Phi) is 4.79. The van der Waals surface area contributed by atoms with Gasteiger partial charge in [0.05, 0.1) is 6.26 Å². The first kappa shape index (κ1) is 14.6. The first-order valence-electron chi connectivity index (χ1n) is 4.94. The van der Waals surface area contributed by atoms with Crippen molar-refractivity contribution in [2.75, 3.05) is 11.0 Å². The van der Waals surface area contributed by atoms with Crippen LogP contribution in [-0.4, -0.2) is 37.8 Å². The molecule has 0 radical (unpaired) electrons. The zero-order chi connectivity index (χ0) is 13.8. The number of nitrogens with one attached hydrogen (secondary N) is 1. The Balaban J connectivity index is 2.89. The van der Waals surface area contributed by atoms with Gasteiger partial charge in [-0.2, -0.15) is 0 Å². The van der Waals surface area contributed by atoms with E-state index in [9.17, 15) is 13.2 Å². The van der Waals surface area contributed by atoms with Gasteiger partial charge in [0.25, 0.3) is 0 Å². The molecule has 100 valence electrons. The molecule has 9 heteroatoms. The molecular weight excluding hydrogens is 278 g/mol. The Hall–Kier alpha value is -1.48. The van der Waals surface area contributed by atoms with Gasteiger partial charge < -0.3 is 4.84 Å². The highest BCUT2D eigenvalue weighted by atomic mass is 32.2. The first-order valence-corrected chi connectivity index (χ1v) is 7.71. The summed E-state index contributed by atoms with van der Waals surface area (Å²) in [6, 6.07) is 0. The zero-order valence-electron chi connectivity index (χ0n) is 10.1. The Morgan fingerprint density at radius 1 is 1.61 bits per heavy atom. The minimum absolute atomic E-state index is 0.0153. The number of hydrogen-bond donors (Lipinski definition) is 1. The summed E-state index contributed by atoms with van der Waals surface area (Å²) in [7, 11) is -3.38. The van der Waals surface area contributed by atoms with Crippen molar-refractivity contribution in [1.29, 1.82) is 0 Å². The number of oxime groups is 1. The fraction of sp³-hybridized carbons (Fsp3) is 0.444. The highest BCUT2D eigenvalue weighted by Gasteiger charge is 2.11. The number of thiazole rings is 1. The third kappa shape index (κ3) is 4.80. The SMILES string of the molecule is CC(C)O/N=C(/C=O)c1csc(NS(C)(=O)=O)n1. The maximum Gasteiger partial charge on any atom is 0.231 e. The number of anilines is 1. The van der Waals surface area contributed by atoms with Crippen molar-refractivity contribution in [2.24, 2.45) is 5.16 Å². The van der Waals surface area contributed by atoms with Gasteiger partial charge in [0.15, 0.2) is 17.1 Å². The van der Waals surface area contributed by atoms with Crippen LogP contribution in [0.25, 0.3) is 0 Å². The highest BCUT2D eigenvalue weighted by molar-refractivity contribution is 7.92. The van der Waals surface area contributed by atoms with E-state index in [1.165, 1.54) is 5.38 Å². The van der Waals surface area contributed by atoms with Crippen LogP contribution in [0.1, 0.15) is 19.5 Å². The van der Waals surface area contributed by atoms with E-state index in [1.54, 1.807) is 13.8 Å². The normalized spacial score (nSPS) is 12.6. The molecule has 0 spiro atoms. The average molecular weight is 291 g/mol. The molecule has 18 heavy (non-hydrogen) atoms. The van der Waals surface area contributed by atoms with Crippen molar-refractivity contribution < 1.29 is 18.0 Å². The van der Waals surface area contributed by atoms with E-state index in [0.717, 1.165) is 17.6 Å². The molecule has 0 unspecified atom stereocenters. The van der Waals surface area contributed by atoms with Crippen LogP contribution in [-0.2, 0) is 19.7 Å². The molecule has 0 saturated heterocycles. The molecule has 1 aromatic heterocycles. The molecule has 0 aliphatic rings. The van der Waals surface area contributed by atoms with Crippen molar-refractivity contribution >= 4 is 38.5 Å². The predicted molar refractivity (Wildman–Crippen MR) is 69.4 cm³/mol. The maximum absolute atomic E-state index is 11.0. The summed E-state index contributed by atoms with van der Waals surface area (Å²) < 4.78 is 24.2. The molecule has 1 N–H and O–H groups in total. The molecule has 0 amide bonds. The van der Waals surface area contributed by atoms with Gasteiger partial charge in [-0.1, -0.05) is 5.16 Å². The summed E-state index contributed by atoms with van der Waals surface area (Å²) >= 11 is 1.06. The Morgan fingerprint density at radius 2 is 2.28 bits per heavy atom. The van der Waals surface area contributed by atoms with Crippen molar-refractivity contribution in [3.05, 3.63) is 11.1 Å². The number of sulfonamides is 1. The monoisotopic (exact) mass is 291 g/mol. The number of aromatic nitrogens is 1. The van der Waals surface area contributed by atoms with Crippen LogP contribution >= 0.6 is 11.3 Å². The van der Waals surface area contributed by atoms with E-state index >= 15 is 0 Å². The standard InChI is InChI=1S/C9H13N3O4S2/c1-6(2)16-11-7(4-13)8-5-17-9(10-8)12-18(3,14)15/h4-6H,1-3H3,(H,10,12)/b11-7-. The van der Waals surface area contributed by atoms with Gasteiger partial charge in [0, 0.05) is 5.38 Å². The lowest BCUT2D eigenvalue weighted by Gasteiger charge is -2.01. The third-order valence-corrected chi connectivity index (χ3v) is 2.96. The number of aldehydes is 1. The van der Waals surface area contributed by atoms with Crippen LogP contribution in [0.3, 0.4) is 0 Å². The van der Waals surface area contributed by atoms with Crippen LogP contribution in [0, 0.1) is 0 Å². The quantitative estimate of drug-likeness (QED) is 0.476. The van der Waals surface area contributed by atoms with E-state index in [-0.39, 0.29) is 22.6 Å². The number of carbonyl (C=O) groups excluding carboxylic acids is 1. The molecule has 1 heterocycles. The molecule has 0 aliphatic heterocycles. The van der Waals surface area contributed by atoms with E-state index in [2.05, 4.69) is 14.9 Å². The molecule has 0 saturated carbocycles. The number of carbonyl (C=O) groups is 1. The minimum Gasteiger partial charge on any atom is -0.392 e. The molecule has 7 nitrogen and oxygen atoms in total. The number of rotatable bonds is 6. The number of nitrogens with zero attached hydrogens (tertiary/aromatic N) is 2. The predicted octanol–water partition coefficient (Wildman–Crippen LogP) is 0.843. The fourth-order valence-corrected chi connectivity index (χ4v) is 2.44. The second kappa shape index (κ2) is 5.91. The summed E-state index contributed by atoms with van der Waals surface area (Å²) in [6.45, 7) is 3.53. The summed E-state index contributed by atoms with van der Waals surface area (Å²) in [5.74, 6) is 0. The molecule has 0 bridgehead atoms. The summed E-state index contributed by atoms with van der Waals surface area (Å²) in [4.78, 5) is 19.7. The Labute approximate surface area is 109 Å². The van der Waals surface area contributed by atoms with Gasteiger partial charge in [-0.05, 0) is 13.8 Å². The second-order valence-electron chi connectivity index (χ2n) is 3.66. The minimum atomic E-state index is -3.38. The molecule has 0 fully saturated rings. The second-order valence-corrected chi connectivity index (χ2v) is 6.27. The highest BCUT2D eigenvalue weighted by Crippen LogP contribution is 2.16. The fourth-order valence-electron chi connectivity index (χ4n) is 0.888. The van der Waals surface area contributed by atoms with Crippen LogP contribution in [0.2, 0.25) is 0 Å². The van der Waals surface area contributed by atoms with Crippen molar-refractivity contribution in [2.45, 2.75) is 20.0 Å². The van der Waals surface area contributed by atoms with E-state index in [4.69, 9.17) is 4.84 Å². The van der Waals surface area contributed by atoms with Crippen molar-refractivity contribution in [3.63, 3.8) is 0 Å². The Morgan fingerprint density at radius 3 is 2.78 bits per heavy atom. The molecule has 1 rings (SSSR count). The van der Waals surface area contributed by atoms with Gasteiger partial charge in [-0.15, -0.1) is 11.3 Å². The Bertz CT molecular complexity index is 548. The third-order valence-electron chi connectivity index (χ3n) is 1.51. The molecule has 0 aliphatic carbocycles. The van der Waals surface area contributed by atoms with E-state index in [1.807, 2.05) is 0 Å². The van der Waals surface area contributed by atoms with Crippen molar-refractivity contribution in [1.82, 2.24) is 4.98 Å². The van der Waals surface area contributed by atoms with Crippen LogP contribution in [0.15, 0.2) is 10.5 Å². The van der Waals surface area contributed by atoms with E-state index < -0.39 is 10.0 Å². The van der Waals surface area contributed by atoms with Gasteiger partial charge in [-0.3, -0.25) is 9.52 Å². The molecule has 0 aromatic carbocycles.